The molecule has 0 bridgehead atoms. The van der Waals surface area contributed by atoms with E-state index in [2.05, 4.69) is 16.0 Å². The predicted molar refractivity (Wildman–Crippen MR) is 75.2 cm³/mol. The molecule has 1 aliphatic carbocycles. The van der Waals surface area contributed by atoms with Crippen LogP contribution in [0.2, 0.25) is 0 Å². The average molecular weight is 261 g/mol. The first-order chi connectivity index (χ1) is 9.17. The monoisotopic (exact) mass is 261 g/mol. The number of carbonyl (C=O) groups is 2. The molecular formula is C14H19N3O2. The van der Waals surface area contributed by atoms with Crippen molar-refractivity contribution in [2.24, 2.45) is 0 Å². The van der Waals surface area contributed by atoms with Gasteiger partial charge in [-0.2, -0.15) is 0 Å². The molecule has 1 saturated carbocycles. The van der Waals surface area contributed by atoms with Gasteiger partial charge in [-0.05, 0) is 43.5 Å². The number of amides is 3. The van der Waals surface area contributed by atoms with Gasteiger partial charge in [0.1, 0.15) is 0 Å². The van der Waals surface area contributed by atoms with Crippen molar-refractivity contribution in [2.75, 3.05) is 10.6 Å². The molecule has 5 heteroatoms. The molecule has 0 aliphatic heterocycles. The van der Waals surface area contributed by atoms with E-state index in [9.17, 15) is 9.59 Å². The van der Waals surface area contributed by atoms with Gasteiger partial charge in [0.15, 0.2) is 0 Å². The van der Waals surface area contributed by atoms with Crippen molar-refractivity contribution in [1.82, 2.24) is 5.32 Å². The Bertz CT molecular complexity index is 452. The van der Waals surface area contributed by atoms with Gasteiger partial charge in [0.05, 0.1) is 0 Å². The molecule has 2 rings (SSSR count). The largest absolute Gasteiger partial charge is 0.335 e. The van der Waals surface area contributed by atoms with E-state index < -0.39 is 0 Å². The lowest BCUT2D eigenvalue weighted by molar-refractivity contribution is -0.116. The lowest BCUT2D eigenvalue weighted by Gasteiger charge is -2.08. The molecule has 102 valence electrons. The zero-order valence-electron chi connectivity index (χ0n) is 11.0. The molecule has 1 aromatic rings. The first kappa shape index (κ1) is 13.4. The van der Waals surface area contributed by atoms with Crippen molar-refractivity contribution in [3.8, 4) is 0 Å². The van der Waals surface area contributed by atoms with E-state index in [-0.39, 0.29) is 11.9 Å². The van der Waals surface area contributed by atoms with Crippen LogP contribution >= 0.6 is 0 Å². The molecule has 0 atom stereocenters. The number of hydrogen-bond donors (Lipinski definition) is 3. The molecule has 1 aromatic carbocycles. The van der Waals surface area contributed by atoms with Crippen molar-refractivity contribution in [3.63, 3.8) is 0 Å². The van der Waals surface area contributed by atoms with E-state index in [0.29, 0.717) is 18.2 Å². The van der Waals surface area contributed by atoms with Gasteiger partial charge in [0.25, 0.3) is 0 Å². The highest BCUT2D eigenvalue weighted by atomic mass is 16.2. The molecule has 0 saturated heterocycles. The number of hydrogen-bond acceptors (Lipinski definition) is 2. The van der Waals surface area contributed by atoms with Crippen LogP contribution in [0.5, 0.6) is 0 Å². The maximum absolute atomic E-state index is 11.5. The second-order valence-electron chi connectivity index (χ2n) is 4.75. The molecule has 3 N–H and O–H groups in total. The highest BCUT2D eigenvalue weighted by molar-refractivity contribution is 5.92. The lowest BCUT2D eigenvalue weighted by atomic mass is 10.2. The van der Waals surface area contributed by atoms with Crippen LogP contribution in [0.1, 0.15) is 32.6 Å². The van der Waals surface area contributed by atoms with E-state index in [1.165, 1.54) is 0 Å². The van der Waals surface area contributed by atoms with Gasteiger partial charge in [-0.25, -0.2) is 4.79 Å². The van der Waals surface area contributed by atoms with Crippen molar-refractivity contribution < 1.29 is 9.59 Å². The van der Waals surface area contributed by atoms with Crippen molar-refractivity contribution in [2.45, 2.75) is 38.6 Å². The van der Waals surface area contributed by atoms with Crippen molar-refractivity contribution >= 4 is 23.3 Å². The normalized spacial score (nSPS) is 13.7. The molecule has 1 fully saturated rings. The lowest BCUT2D eigenvalue weighted by Crippen LogP contribution is -2.30. The quantitative estimate of drug-likeness (QED) is 0.762. The Morgan fingerprint density at radius 3 is 2.21 bits per heavy atom. The van der Waals surface area contributed by atoms with Crippen LogP contribution in [0, 0.1) is 0 Å². The van der Waals surface area contributed by atoms with Crippen LogP contribution in [0.3, 0.4) is 0 Å². The molecule has 1 aliphatic rings. The summed E-state index contributed by atoms with van der Waals surface area (Å²) >= 11 is 0. The minimum absolute atomic E-state index is 0.00897. The zero-order chi connectivity index (χ0) is 13.7. The maximum atomic E-state index is 11.5. The summed E-state index contributed by atoms with van der Waals surface area (Å²) in [7, 11) is 0. The summed E-state index contributed by atoms with van der Waals surface area (Å²) in [6.07, 6.45) is 3.47. The second-order valence-corrected chi connectivity index (χ2v) is 4.75. The van der Waals surface area contributed by atoms with Crippen LogP contribution in [0.25, 0.3) is 0 Å². The second kappa shape index (κ2) is 6.22. The number of nitrogens with one attached hydrogen (secondary N) is 3. The Morgan fingerprint density at radius 2 is 1.68 bits per heavy atom. The molecule has 19 heavy (non-hydrogen) atoms. The van der Waals surface area contributed by atoms with Crippen LogP contribution in [0.15, 0.2) is 24.3 Å². The number of anilines is 2. The molecular weight excluding hydrogens is 242 g/mol. The van der Waals surface area contributed by atoms with E-state index >= 15 is 0 Å². The Labute approximate surface area is 112 Å². The van der Waals surface area contributed by atoms with Gasteiger partial charge in [-0.1, -0.05) is 6.92 Å². The highest BCUT2D eigenvalue weighted by Crippen LogP contribution is 2.19. The molecule has 0 spiro atoms. The van der Waals surface area contributed by atoms with Crippen molar-refractivity contribution in [1.29, 1.82) is 0 Å². The first-order valence-corrected chi connectivity index (χ1v) is 6.65. The van der Waals surface area contributed by atoms with E-state index in [1.807, 2.05) is 6.92 Å². The molecule has 0 heterocycles. The van der Waals surface area contributed by atoms with Gasteiger partial charge in [-0.3, -0.25) is 4.79 Å². The minimum Gasteiger partial charge on any atom is -0.335 e. The Hall–Kier alpha value is -2.04. The Balaban J connectivity index is 1.83. The number of urea groups is 1. The SMILES string of the molecule is CCCC(=O)Nc1ccc(NC(=O)NC2CC2)cc1. The topological polar surface area (TPSA) is 70.2 Å². The Morgan fingerprint density at radius 1 is 1.11 bits per heavy atom. The fourth-order valence-electron chi connectivity index (χ4n) is 1.67. The van der Waals surface area contributed by atoms with Gasteiger partial charge in [-0.15, -0.1) is 0 Å². The highest BCUT2D eigenvalue weighted by Gasteiger charge is 2.23. The Kier molecular flexibility index (Phi) is 4.39. The van der Waals surface area contributed by atoms with Crippen LogP contribution in [-0.2, 0) is 4.79 Å². The summed E-state index contributed by atoms with van der Waals surface area (Å²) in [5.74, 6) is 0.00897. The fourth-order valence-corrected chi connectivity index (χ4v) is 1.67. The number of carbonyl (C=O) groups excluding carboxylic acids is 2. The molecule has 0 radical (unpaired) electrons. The summed E-state index contributed by atoms with van der Waals surface area (Å²) < 4.78 is 0. The zero-order valence-corrected chi connectivity index (χ0v) is 11.0. The van der Waals surface area contributed by atoms with E-state index in [0.717, 1.165) is 24.9 Å². The van der Waals surface area contributed by atoms with Crippen LogP contribution in [-0.4, -0.2) is 18.0 Å². The van der Waals surface area contributed by atoms with E-state index in [1.54, 1.807) is 24.3 Å². The van der Waals surface area contributed by atoms with Crippen LogP contribution < -0.4 is 16.0 Å². The third-order valence-corrected chi connectivity index (χ3v) is 2.82. The van der Waals surface area contributed by atoms with Gasteiger partial charge < -0.3 is 16.0 Å². The standard InChI is InChI=1S/C14H19N3O2/c1-2-3-13(18)15-10-4-6-11(7-5-10)16-14(19)17-12-8-9-12/h4-7,12H,2-3,8-9H2,1H3,(H,15,18)(H2,16,17,19). The molecule has 5 nitrogen and oxygen atoms in total. The summed E-state index contributed by atoms with van der Waals surface area (Å²) in [6, 6.07) is 7.26. The maximum Gasteiger partial charge on any atom is 0.319 e. The van der Waals surface area contributed by atoms with E-state index in [4.69, 9.17) is 0 Å². The minimum atomic E-state index is -0.176. The molecule has 0 aromatic heterocycles. The van der Waals surface area contributed by atoms with Crippen LogP contribution in [0.4, 0.5) is 16.2 Å². The van der Waals surface area contributed by atoms with Gasteiger partial charge in [0.2, 0.25) is 5.91 Å². The number of rotatable bonds is 5. The third kappa shape index (κ3) is 4.62. The summed E-state index contributed by atoms with van der Waals surface area (Å²) in [4.78, 5) is 22.9. The fraction of sp³-hybridized carbons (Fsp3) is 0.429. The smallest absolute Gasteiger partial charge is 0.319 e. The third-order valence-electron chi connectivity index (χ3n) is 2.82. The predicted octanol–water partition coefficient (Wildman–Crippen LogP) is 2.71. The summed E-state index contributed by atoms with van der Waals surface area (Å²) in [6.45, 7) is 1.96. The molecule has 0 unspecified atom stereocenters. The first-order valence-electron chi connectivity index (χ1n) is 6.65. The van der Waals surface area contributed by atoms with Gasteiger partial charge in [0, 0.05) is 23.8 Å². The van der Waals surface area contributed by atoms with Gasteiger partial charge >= 0.3 is 6.03 Å². The summed E-state index contributed by atoms with van der Waals surface area (Å²) in [5, 5.41) is 8.40. The van der Waals surface area contributed by atoms with Crippen molar-refractivity contribution in [3.05, 3.63) is 24.3 Å². The average Bonchev–Trinajstić information content (AvgIpc) is 3.16. The summed E-state index contributed by atoms with van der Waals surface area (Å²) in [5.41, 5.74) is 1.46. The molecule has 3 amide bonds. The number of benzene rings is 1.